The smallest absolute Gasteiger partial charge is 0.407 e. The fourth-order valence-corrected chi connectivity index (χ4v) is 2.98. The van der Waals surface area contributed by atoms with Crippen LogP contribution >= 0.6 is 0 Å². The summed E-state index contributed by atoms with van der Waals surface area (Å²) in [6, 6.07) is 17.0. The SMILES string of the molecule is O=C(CCCCCNC(=O)OCc1ccccc1)N[C@H](CC(=O)OCc1ccccc1)C(=O)O. The molecule has 0 aliphatic rings. The first-order chi connectivity index (χ1) is 16.4. The molecule has 0 unspecified atom stereocenters. The monoisotopic (exact) mass is 470 g/mol. The van der Waals surface area contributed by atoms with Crippen LogP contribution in [0.5, 0.6) is 0 Å². The molecule has 0 radical (unpaired) electrons. The molecule has 1 atom stereocenters. The topological polar surface area (TPSA) is 131 Å². The van der Waals surface area contributed by atoms with Crippen LogP contribution in [0.25, 0.3) is 0 Å². The number of carboxylic acid groups (broad SMARTS) is 1. The van der Waals surface area contributed by atoms with E-state index in [1.165, 1.54) is 0 Å². The number of rotatable bonds is 14. The Morgan fingerprint density at radius 3 is 1.97 bits per heavy atom. The van der Waals surface area contributed by atoms with Gasteiger partial charge < -0.3 is 25.2 Å². The second-order valence-electron chi connectivity index (χ2n) is 7.61. The highest BCUT2D eigenvalue weighted by Gasteiger charge is 2.24. The van der Waals surface area contributed by atoms with Crippen LogP contribution in [0, 0.1) is 0 Å². The molecule has 0 heterocycles. The molecule has 0 fully saturated rings. The molecule has 2 aromatic carbocycles. The van der Waals surface area contributed by atoms with E-state index in [0.29, 0.717) is 25.8 Å². The summed E-state index contributed by atoms with van der Waals surface area (Å²) < 4.78 is 10.2. The Bertz CT molecular complexity index is 919. The minimum absolute atomic E-state index is 0.0355. The number of carbonyl (C=O) groups is 4. The highest BCUT2D eigenvalue weighted by Crippen LogP contribution is 2.05. The van der Waals surface area contributed by atoms with Gasteiger partial charge in [-0.1, -0.05) is 67.1 Å². The highest BCUT2D eigenvalue weighted by molar-refractivity contribution is 5.87. The number of carbonyl (C=O) groups excluding carboxylic acids is 3. The molecule has 182 valence electrons. The molecule has 34 heavy (non-hydrogen) atoms. The Hall–Kier alpha value is -3.88. The Labute approximate surface area is 198 Å². The summed E-state index contributed by atoms with van der Waals surface area (Å²) in [5, 5.41) is 14.3. The van der Waals surface area contributed by atoms with Crippen LogP contribution < -0.4 is 10.6 Å². The number of benzene rings is 2. The second kappa shape index (κ2) is 15.0. The molecular formula is C25H30N2O7. The van der Waals surface area contributed by atoms with E-state index in [4.69, 9.17) is 9.47 Å². The summed E-state index contributed by atoms with van der Waals surface area (Å²) in [7, 11) is 0. The number of amides is 2. The van der Waals surface area contributed by atoms with Crippen molar-refractivity contribution in [1.29, 1.82) is 0 Å². The van der Waals surface area contributed by atoms with Crippen molar-refractivity contribution in [3.8, 4) is 0 Å². The zero-order valence-corrected chi connectivity index (χ0v) is 18.9. The molecule has 0 saturated heterocycles. The largest absolute Gasteiger partial charge is 0.480 e. The summed E-state index contributed by atoms with van der Waals surface area (Å²) >= 11 is 0. The molecule has 0 spiro atoms. The van der Waals surface area contributed by atoms with Gasteiger partial charge in [0.2, 0.25) is 5.91 Å². The van der Waals surface area contributed by atoms with Gasteiger partial charge in [0, 0.05) is 13.0 Å². The summed E-state index contributed by atoms with van der Waals surface area (Å²) in [5.74, 6) is -2.47. The molecule has 3 N–H and O–H groups in total. The molecule has 9 nitrogen and oxygen atoms in total. The number of carboxylic acids is 1. The van der Waals surface area contributed by atoms with Crippen LogP contribution in [0.2, 0.25) is 0 Å². The first-order valence-electron chi connectivity index (χ1n) is 11.1. The van der Waals surface area contributed by atoms with E-state index in [0.717, 1.165) is 11.1 Å². The lowest BCUT2D eigenvalue weighted by molar-refractivity contribution is -0.151. The number of alkyl carbamates (subject to hydrolysis) is 1. The van der Waals surface area contributed by atoms with Crippen molar-refractivity contribution in [2.75, 3.05) is 6.54 Å². The van der Waals surface area contributed by atoms with Gasteiger partial charge >= 0.3 is 18.0 Å². The minimum atomic E-state index is -1.35. The van der Waals surface area contributed by atoms with Crippen molar-refractivity contribution in [2.24, 2.45) is 0 Å². The third-order valence-corrected chi connectivity index (χ3v) is 4.81. The van der Waals surface area contributed by atoms with Crippen LogP contribution in [-0.2, 0) is 37.1 Å². The molecule has 9 heteroatoms. The number of aliphatic carboxylic acids is 1. The Morgan fingerprint density at radius 1 is 0.794 bits per heavy atom. The predicted octanol–water partition coefficient (Wildman–Crippen LogP) is 3.18. The maximum absolute atomic E-state index is 12.1. The van der Waals surface area contributed by atoms with E-state index >= 15 is 0 Å². The molecule has 2 amide bonds. The van der Waals surface area contributed by atoms with Gasteiger partial charge in [0.25, 0.3) is 0 Å². The predicted molar refractivity (Wildman–Crippen MR) is 124 cm³/mol. The molecule has 0 bridgehead atoms. The standard InChI is InChI=1S/C25H30N2O7/c28-22(14-8-3-9-15-26-25(32)34-18-20-12-6-2-7-13-20)27-21(24(30)31)16-23(29)33-17-19-10-4-1-5-11-19/h1-2,4-7,10-13,21H,3,8-9,14-18H2,(H,26,32)(H,27,28)(H,30,31)/t21-/m1/s1. The zero-order valence-electron chi connectivity index (χ0n) is 18.9. The molecule has 2 aromatic rings. The Kier molecular flexibility index (Phi) is 11.7. The number of esters is 1. The molecule has 0 aliphatic heterocycles. The van der Waals surface area contributed by atoms with Gasteiger partial charge in [-0.2, -0.15) is 0 Å². The van der Waals surface area contributed by atoms with Gasteiger partial charge in [0.15, 0.2) is 0 Å². The maximum atomic E-state index is 12.1. The average molecular weight is 471 g/mol. The lowest BCUT2D eigenvalue weighted by Crippen LogP contribution is -2.42. The van der Waals surface area contributed by atoms with Crippen molar-refractivity contribution in [1.82, 2.24) is 10.6 Å². The quantitative estimate of drug-likeness (QED) is 0.285. The van der Waals surface area contributed by atoms with E-state index in [1.54, 1.807) is 24.3 Å². The van der Waals surface area contributed by atoms with Crippen molar-refractivity contribution >= 4 is 23.9 Å². The third-order valence-electron chi connectivity index (χ3n) is 4.81. The normalized spacial score (nSPS) is 11.2. The van der Waals surface area contributed by atoms with E-state index in [2.05, 4.69) is 10.6 Å². The molecule has 0 aliphatic carbocycles. The fourth-order valence-electron chi connectivity index (χ4n) is 2.98. The zero-order chi connectivity index (χ0) is 24.6. The van der Waals surface area contributed by atoms with E-state index < -0.39 is 36.4 Å². The number of unbranched alkanes of at least 4 members (excludes halogenated alkanes) is 2. The van der Waals surface area contributed by atoms with E-state index in [-0.39, 0.29) is 19.6 Å². The van der Waals surface area contributed by atoms with Crippen molar-refractivity contribution in [2.45, 2.75) is 51.4 Å². The van der Waals surface area contributed by atoms with Gasteiger partial charge in [-0.15, -0.1) is 0 Å². The van der Waals surface area contributed by atoms with E-state index in [1.807, 2.05) is 36.4 Å². The van der Waals surface area contributed by atoms with Gasteiger partial charge in [-0.3, -0.25) is 9.59 Å². The molecular weight excluding hydrogens is 440 g/mol. The molecule has 0 saturated carbocycles. The van der Waals surface area contributed by atoms with Gasteiger partial charge in [-0.05, 0) is 24.0 Å². The average Bonchev–Trinajstić information content (AvgIpc) is 2.84. The first kappa shape index (κ1) is 26.4. The van der Waals surface area contributed by atoms with Crippen molar-refractivity contribution in [3.63, 3.8) is 0 Å². The first-order valence-corrected chi connectivity index (χ1v) is 11.1. The van der Waals surface area contributed by atoms with E-state index in [9.17, 15) is 24.3 Å². The van der Waals surface area contributed by atoms with Gasteiger partial charge in [0.05, 0.1) is 6.42 Å². The number of hydrogen-bond acceptors (Lipinski definition) is 6. The maximum Gasteiger partial charge on any atom is 0.407 e. The van der Waals surface area contributed by atoms with Crippen molar-refractivity contribution < 1.29 is 33.8 Å². The van der Waals surface area contributed by atoms with Crippen LogP contribution in [-0.4, -0.2) is 41.6 Å². The van der Waals surface area contributed by atoms with Crippen LogP contribution in [0.1, 0.15) is 43.2 Å². The molecule has 2 rings (SSSR count). The number of hydrogen-bond donors (Lipinski definition) is 3. The summed E-state index contributed by atoms with van der Waals surface area (Å²) in [5.41, 5.74) is 1.68. The lowest BCUT2D eigenvalue weighted by Gasteiger charge is -2.14. The summed E-state index contributed by atoms with van der Waals surface area (Å²) in [6.45, 7) is 0.630. The Morgan fingerprint density at radius 2 is 1.38 bits per heavy atom. The van der Waals surface area contributed by atoms with Crippen LogP contribution in [0.3, 0.4) is 0 Å². The summed E-state index contributed by atoms with van der Waals surface area (Å²) in [6.07, 6.45) is 0.956. The lowest BCUT2D eigenvalue weighted by atomic mass is 10.1. The summed E-state index contributed by atoms with van der Waals surface area (Å²) in [4.78, 5) is 47.1. The third kappa shape index (κ3) is 11.1. The van der Waals surface area contributed by atoms with Crippen LogP contribution in [0.4, 0.5) is 4.79 Å². The molecule has 0 aromatic heterocycles. The van der Waals surface area contributed by atoms with Gasteiger partial charge in [0.1, 0.15) is 19.3 Å². The highest BCUT2D eigenvalue weighted by atomic mass is 16.5. The minimum Gasteiger partial charge on any atom is -0.480 e. The second-order valence-corrected chi connectivity index (χ2v) is 7.61. The number of nitrogens with one attached hydrogen (secondary N) is 2. The fraction of sp³-hybridized carbons (Fsp3) is 0.360. The van der Waals surface area contributed by atoms with Crippen molar-refractivity contribution in [3.05, 3.63) is 71.8 Å². The van der Waals surface area contributed by atoms with Gasteiger partial charge in [-0.25, -0.2) is 9.59 Å². The Balaban J connectivity index is 1.56. The van der Waals surface area contributed by atoms with Crippen LogP contribution in [0.15, 0.2) is 60.7 Å². The number of ether oxygens (including phenoxy) is 2.